The van der Waals surface area contributed by atoms with Crippen molar-refractivity contribution in [3.63, 3.8) is 0 Å². The highest BCUT2D eigenvalue weighted by Crippen LogP contribution is 2.29. The van der Waals surface area contributed by atoms with Gasteiger partial charge in [0.1, 0.15) is 11.8 Å². The third-order valence-electron chi connectivity index (χ3n) is 4.32. The Morgan fingerprint density at radius 3 is 2.68 bits per heavy atom. The van der Waals surface area contributed by atoms with E-state index >= 15 is 0 Å². The average Bonchev–Trinajstić information content (AvgIpc) is 3.39. The van der Waals surface area contributed by atoms with Crippen LogP contribution in [-0.4, -0.2) is 42.6 Å². The fraction of sp³-hybridized carbons (Fsp3) is 0.529. The molecular weight excluding hydrogens is 278 g/mol. The second kappa shape index (κ2) is 6.80. The SMILES string of the molecule is N#Cc1ccccc1OCC(=O)NC1CCN(C2CC2)CC1. The Morgan fingerprint density at radius 2 is 2.00 bits per heavy atom. The predicted molar refractivity (Wildman–Crippen MR) is 82.4 cm³/mol. The first-order valence-corrected chi connectivity index (χ1v) is 7.91. The third kappa shape index (κ3) is 3.77. The van der Waals surface area contributed by atoms with E-state index < -0.39 is 0 Å². The van der Waals surface area contributed by atoms with Crippen LogP contribution in [0.25, 0.3) is 0 Å². The van der Waals surface area contributed by atoms with Crippen molar-refractivity contribution in [1.82, 2.24) is 10.2 Å². The predicted octanol–water partition coefficient (Wildman–Crippen LogP) is 1.68. The van der Waals surface area contributed by atoms with E-state index in [0.717, 1.165) is 32.0 Å². The molecule has 0 bridgehead atoms. The number of amides is 1. The maximum absolute atomic E-state index is 12.0. The number of likely N-dealkylation sites (tertiary alicyclic amines) is 1. The third-order valence-corrected chi connectivity index (χ3v) is 4.32. The van der Waals surface area contributed by atoms with Crippen molar-refractivity contribution in [1.29, 1.82) is 5.26 Å². The average molecular weight is 299 g/mol. The van der Waals surface area contributed by atoms with Crippen LogP contribution >= 0.6 is 0 Å². The van der Waals surface area contributed by atoms with Crippen LogP contribution in [0.3, 0.4) is 0 Å². The molecule has 0 radical (unpaired) electrons. The van der Waals surface area contributed by atoms with Crippen LogP contribution in [0.2, 0.25) is 0 Å². The van der Waals surface area contributed by atoms with Crippen LogP contribution in [0, 0.1) is 11.3 Å². The summed E-state index contributed by atoms with van der Waals surface area (Å²) in [5.74, 6) is 0.348. The number of rotatable bonds is 5. The molecule has 1 saturated heterocycles. The van der Waals surface area contributed by atoms with Crippen LogP contribution in [0.5, 0.6) is 5.75 Å². The lowest BCUT2D eigenvalue weighted by Gasteiger charge is -2.32. The largest absolute Gasteiger partial charge is 0.482 e. The number of benzene rings is 1. The number of ether oxygens (including phenoxy) is 1. The molecule has 0 aromatic heterocycles. The number of carbonyl (C=O) groups is 1. The van der Waals surface area contributed by atoms with E-state index in [1.54, 1.807) is 24.3 Å². The van der Waals surface area contributed by atoms with Crippen molar-refractivity contribution in [2.24, 2.45) is 0 Å². The molecule has 1 heterocycles. The lowest BCUT2D eigenvalue weighted by atomic mass is 10.0. The van der Waals surface area contributed by atoms with Gasteiger partial charge in [-0.3, -0.25) is 4.79 Å². The number of nitrogens with zero attached hydrogens (tertiary/aromatic N) is 2. The Bertz CT molecular complexity index is 570. The highest BCUT2D eigenvalue weighted by atomic mass is 16.5. The first-order chi connectivity index (χ1) is 10.8. The maximum atomic E-state index is 12.0. The summed E-state index contributed by atoms with van der Waals surface area (Å²) in [5.41, 5.74) is 0.452. The highest BCUT2D eigenvalue weighted by Gasteiger charge is 2.32. The molecule has 1 aliphatic carbocycles. The lowest BCUT2D eigenvalue weighted by molar-refractivity contribution is -0.124. The molecule has 0 spiro atoms. The van der Waals surface area contributed by atoms with E-state index in [1.165, 1.54) is 12.8 Å². The Hall–Kier alpha value is -2.06. The summed E-state index contributed by atoms with van der Waals surface area (Å²) in [7, 11) is 0. The number of nitriles is 1. The van der Waals surface area contributed by atoms with Crippen LogP contribution in [-0.2, 0) is 4.79 Å². The molecule has 0 atom stereocenters. The van der Waals surface area contributed by atoms with Crippen molar-refractivity contribution in [2.45, 2.75) is 37.8 Å². The zero-order valence-electron chi connectivity index (χ0n) is 12.6. The quantitative estimate of drug-likeness (QED) is 0.898. The molecule has 1 saturated carbocycles. The topological polar surface area (TPSA) is 65.4 Å². The van der Waals surface area contributed by atoms with Crippen molar-refractivity contribution < 1.29 is 9.53 Å². The molecular formula is C17H21N3O2. The monoisotopic (exact) mass is 299 g/mol. The second-order valence-corrected chi connectivity index (χ2v) is 6.01. The number of para-hydroxylation sites is 1. The molecule has 5 nitrogen and oxygen atoms in total. The van der Waals surface area contributed by atoms with E-state index in [4.69, 9.17) is 10.00 Å². The van der Waals surface area contributed by atoms with Gasteiger partial charge in [0.25, 0.3) is 5.91 Å². The molecule has 2 fully saturated rings. The summed E-state index contributed by atoms with van der Waals surface area (Å²) in [4.78, 5) is 14.5. The first-order valence-electron chi connectivity index (χ1n) is 7.91. The minimum atomic E-state index is -0.113. The van der Waals surface area contributed by atoms with Crippen LogP contribution in [0.15, 0.2) is 24.3 Å². The summed E-state index contributed by atoms with van der Waals surface area (Å²) in [5, 5.41) is 12.0. The number of hydrogen-bond acceptors (Lipinski definition) is 4. The Labute approximate surface area is 130 Å². The van der Waals surface area contributed by atoms with Crippen LogP contribution in [0.4, 0.5) is 0 Å². The molecule has 1 aromatic carbocycles. The normalized spacial score (nSPS) is 19.4. The van der Waals surface area contributed by atoms with Crippen LogP contribution < -0.4 is 10.1 Å². The van der Waals surface area contributed by atoms with Gasteiger partial charge >= 0.3 is 0 Å². The van der Waals surface area contributed by atoms with Gasteiger partial charge in [-0.15, -0.1) is 0 Å². The van der Waals surface area contributed by atoms with E-state index in [9.17, 15) is 4.79 Å². The van der Waals surface area contributed by atoms with Crippen molar-refractivity contribution >= 4 is 5.91 Å². The summed E-state index contributed by atoms with van der Waals surface area (Å²) in [6.45, 7) is 2.11. The minimum absolute atomic E-state index is 0.0401. The molecule has 3 rings (SSSR count). The first kappa shape index (κ1) is 14.9. The standard InChI is InChI=1S/C17H21N3O2/c18-11-13-3-1-2-4-16(13)22-12-17(21)19-14-7-9-20(10-8-14)15-5-6-15/h1-4,14-15H,5-10,12H2,(H,19,21). The number of hydrogen-bond donors (Lipinski definition) is 1. The number of piperidine rings is 1. The smallest absolute Gasteiger partial charge is 0.258 e. The minimum Gasteiger partial charge on any atom is -0.482 e. The Kier molecular flexibility index (Phi) is 4.59. The maximum Gasteiger partial charge on any atom is 0.258 e. The van der Waals surface area contributed by atoms with Gasteiger partial charge in [0.15, 0.2) is 6.61 Å². The molecule has 5 heteroatoms. The van der Waals surface area contributed by atoms with Gasteiger partial charge in [-0.05, 0) is 37.8 Å². The Morgan fingerprint density at radius 1 is 1.27 bits per heavy atom. The van der Waals surface area contributed by atoms with Gasteiger partial charge in [-0.2, -0.15) is 5.26 Å². The molecule has 1 aliphatic heterocycles. The van der Waals surface area contributed by atoms with Gasteiger partial charge in [0.05, 0.1) is 5.56 Å². The molecule has 1 aromatic rings. The van der Waals surface area contributed by atoms with E-state index in [2.05, 4.69) is 16.3 Å². The summed E-state index contributed by atoms with van der Waals surface area (Å²) < 4.78 is 5.46. The zero-order valence-corrected chi connectivity index (χ0v) is 12.6. The number of nitrogens with one attached hydrogen (secondary N) is 1. The van der Waals surface area contributed by atoms with E-state index in [1.807, 2.05) is 0 Å². The van der Waals surface area contributed by atoms with Crippen LogP contribution in [0.1, 0.15) is 31.2 Å². The summed E-state index contributed by atoms with van der Waals surface area (Å²) in [6, 6.07) is 10.1. The summed E-state index contributed by atoms with van der Waals surface area (Å²) in [6.07, 6.45) is 4.69. The van der Waals surface area contributed by atoms with Gasteiger partial charge in [0, 0.05) is 25.2 Å². The van der Waals surface area contributed by atoms with Crippen molar-refractivity contribution in [2.75, 3.05) is 19.7 Å². The molecule has 116 valence electrons. The molecule has 1 N–H and O–H groups in total. The zero-order chi connectivity index (χ0) is 15.4. The van der Waals surface area contributed by atoms with Gasteiger partial charge in [-0.25, -0.2) is 0 Å². The number of carbonyl (C=O) groups excluding carboxylic acids is 1. The van der Waals surface area contributed by atoms with Gasteiger partial charge in [-0.1, -0.05) is 12.1 Å². The van der Waals surface area contributed by atoms with Gasteiger partial charge in [0.2, 0.25) is 0 Å². The molecule has 2 aliphatic rings. The highest BCUT2D eigenvalue weighted by molar-refractivity contribution is 5.77. The second-order valence-electron chi connectivity index (χ2n) is 6.01. The van der Waals surface area contributed by atoms with E-state index in [0.29, 0.717) is 11.3 Å². The summed E-state index contributed by atoms with van der Waals surface area (Å²) >= 11 is 0. The molecule has 1 amide bonds. The Balaban J connectivity index is 1.42. The van der Waals surface area contributed by atoms with Crippen molar-refractivity contribution in [3.8, 4) is 11.8 Å². The lowest BCUT2D eigenvalue weighted by Crippen LogP contribution is -2.46. The fourth-order valence-corrected chi connectivity index (χ4v) is 2.95. The molecule has 22 heavy (non-hydrogen) atoms. The van der Waals surface area contributed by atoms with Gasteiger partial charge < -0.3 is 15.0 Å². The fourth-order valence-electron chi connectivity index (χ4n) is 2.95. The van der Waals surface area contributed by atoms with E-state index in [-0.39, 0.29) is 18.6 Å². The van der Waals surface area contributed by atoms with Crippen molar-refractivity contribution in [3.05, 3.63) is 29.8 Å². The molecule has 0 unspecified atom stereocenters.